The van der Waals surface area contributed by atoms with Gasteiger partial charge in [0.1, 0.15) is 0 Å². The Morgan fingerprint density at radius 2 is 1.43 bits per heavy atom. The molecule has 0 aliphatic heterocycles. The van der Waals surface area contributed by atoms with Gasteiger partial charge in [-0.3, -0.25) is 0 Å². The molecule has 0 fully saturated rings. The topological polar surface area (TPSA) is 0 Å². The summed E-state index contributed by atoms with van der Waals surface area (Å²) in [5.74, 6) is 0.631. The van der Waals surface area contributed by atoms with E-state index in [1.165, 1.54) is 34.1 Å². The summed E-state index contributed by atoms with van der Waals surface area (Å²) >= 11 is 0. The third kappa shape index (κ3) is 2.52. The minimum atomic E-state index is 0.250. The summed E-state index contributed by atoms with van der Waals surface area (Å²) in [5.41, 5.74) is 3.50. The zero-order chi connectivity index (χ0) is 15.2. The van der Waals surface area contributed by atoms with E-state index < -0.39 is 0 Å². The highest BCUT2D eigenvalue weighted by Gasteiger charge is 2.22. The molecule has 0 nitrogen and oxygen atoms in total. The van der Waals surface area contributed by atoms with Gasteiger partial charge in [0.2, 0.25) is 0 Å². The first-order valence-electron chi connectivity index (χ1n) is 8.13. The fraction of sp³-hybridized carbons (Fsp3) is 0.429. The molecule has 0 atom stereocenters. The van der Waals surface area contributed by atoms with Crippen molar-refractivity contribution in [2.45, 2.75) is 47.5 Å². The van der Waals surface area contributed by atoms with Crippen LogP contribution in [0, 0.1) is 11.3 Å². The quantitative estimate of drug-likeness (QED) is 0.713. The van der Waals surface area contributed by atoms with Crippen LogP contribution >= 0.6 is 0 Å². The smallest absolute Gasteiger partial charge is 0.0164 e. The fourth-order valence-corrected chi connectivity index (χ4v) is 3.66. The number of hydrogen-bond donors (Lipinski definition) is 0. The largest absolute Gasteiger partial charge is 0.0616 e. The van der Waals surface area contributed by atoms with E-state index in [0.717, 1.165) is 0 Å². The molecule has 110 valence electrons. The highest BCUT2D eigenvalue weighted by Crippen LogP contribution is 2.33. The summed E-state index contributed by atoms with van der Waals surface area (Å²) in [6.07, 6.45) is 2.43. The second-order valence-corrected chi connectivity index (χ2v) is 7.65. The number of hydrogen-bond acceptors (Lipinski definition) is 0. The Hall–Kier alpha value is -1.56. The molecule has 0 saturated heterocycles. The van der Waals surface area contributed by atoms with Gasteiger partial charge in [0, 0.05) is 0 Å². The van der Waals surface area contributed by atoms with Crippen molar-refractivity contribution in [2.75, 3.05) is 0 Å². The Kier molecular flexibility index (Phi) is 3.43. The SMILES string of the molecule is CC(C)C1=c2cc3ccccc3cc2=C(C(C)(C)C)CC1. The van der Waals surface area contributed by atoms with Crippen molar-refractivity contribution in [1.82, 2.24) is 0 Å². The van der Waals surface area contributed by atoms with E-state index in [1.54, 1.807) is 11.1 Å². The van der Waals surface area contributed by atoms with E-state index in [2.05, 4.69) is 71.0 Å². The molecule has 0 aromatic heterocycles. The van der Waals surface area contributed by atoms with E-state index in [-0.39, 0.29) is 5.41 Å². The molecule has 2 aromatic carbocycles. The normalized spacial score (nSPS) is 15.7. The number of benzene rings is 2. The van der Waals surface area contributed by atoms with E-state index in [1.807, 2.05) is 0 Å². The maximum Gasteiger partial charge on any atom is -0.0164 e. The summed E-state index contributed by atoms with van der Waals surface area (Å²) in [7, 11) is 0. The molecular weight excluding hydrogens is 252 g/mol. The van der Waals surface area contributed by atoms with Crippen LogP contribution in [0.3, 0.4) is 0 Å². The Morgan fingerprint density at radius 1 is 0.857 bits per heavy atom. The maximum atomic E-state index is 2.42. The molecule has 0 saturated carbocycles. The first-order valence-corrected chi connectivity index (χ1v) is 8.13. The molecule has 21 heavy (non-hydrogen) atoms. The summed E-state index contributed by atoms with van der Waals surface area (Å²) in [6, 6.07) is 13.6. The molecule has 0 spiro atoms. The van der Waals surface area contributed by atoms with Crippen molar-refractivity contribution in [3.05, 3.63) is 46.8 Å². The highest BCUT2D eigenvalue weighted by molar-refractivity contribution is 5.84. The fourth-order valence-electron chi connectivity index (χ4n) is 3.66. The van der Waals surface area contributed by atoms with Gasteiger partial charge in [0.15, 0.2) is 0 Å². The van der Waals surface area contributed by atoms with Crippen molar-refractivity contribution in [1.29, 1.82) is 0 Å². The Bertz CT molecular complexity index is 798. The summed E-state index contributed by atoms with van der Waals surface area (Å²) < 4.78 is 0. The van der Waals surface area contributed by atoms with Crippen LogP contribution in [-0.2, 0) is 0 Å². The molecule has 0 bridgehead atoms. The first kappa shape index (κ1) is 14.4. The van der Waals surface area contributed by atoms with Crippen molar-refractivity contribution in [3.8, 4) is 0 Å². The average molecular weight is 278 g/mol. The molecule has 0 heterocycles. The second-order valence-electron chi connectivity index (χ2n) is 7.65. The van der Waals surface area contributed by atoms with Crippen LogP contribution in [0.2, 0.25) is 0 Å². The summed E-state index contributed by atoms with van der Waals surface area (Å²) in [4.78, 5) is 0. The van der Waals surface area contributed by atoms with Crippen LogP contribution < -0.4 is 10.4 Å². The minimum absolute atomic E-state index is 0.250. The van der Waals surface area contributed by atoms with Crippen molar-refractivity contribution in [2.24, 2.45) is 11.3 Å². The van der Waals surface area contributed by atoms with Crippen molar-refractivity contribution in [3.63, 3.8) is 0 Å². The monoisotopic (exact) mass is 278 g/mol. The Labute approximate surface area is 128 Å². The third-order valence-corrected chi connectivity index (χ3v) is 4.80. The zero-order valence-corrected chi connectivity index (χ0v) is 14.0. The molecule has 0 heteroatoms. The van der Waals surface area contributed by atoms with Gasteiger partial charge in [0.05, 0.1) is 0 Å². The van der Waals surface area contributed by atoms with E-state index >= 15 is 0 Å². The molecule has 0 unspecified atom stereocenters. The lowest BCUT2D eigenvalue weighted by molar-refractivity contribution is 0.540. The van der Waals surface area contributed by atoms with Gasteiger partial charge in [0.25, 0.3) is 0 Å². The third-order valence-electron chi connectivity index (χ3n) is 4.80. The van der Waals surface area contributed by atoms with Crippen LogP contribution in [0.25, 0.3) is 21.9 Å². The highest BCUT2D eigenvalue weighted by atomic mass is 14.3. The van der Waals surface area contributed by atoms with Crippen LogP contribution in [-0.4, -0.2) is 0 Å². The van der Waals surface area contributed by atoms with Gasteiger partial charge in [-0.05, 0) is 57.5 Å². The van der Waals surface area contributed by atoms with Crippen LogP contribution in [0.15, 0.2) is 36.4 Å². The predicted octanol–water partition coefficient (Wildman–Crippen LogP) is 4.64. The van der Waals surface area contributed by atoms with Gasteiger partial charge in [-0.25, -0.2) is 0 Å². The van der Waals surface area contributed by atoms with Crippen molar-refractivity contribution >= 4 is 21.9 Å². The predicted molar refractivity (Wildman–Crippen MR) is 93.5 cm³/mol. The minimum Gasteiger partial charge on any atom is -0.0616 e. The lowest BCUT2D eigenvalue weighted by Crippen LogP contribution is -2.36. The molecule has 3 rings (SSSR count). The molecular formula is C21H26. The van der Waals surface area contributed by atoms with Gasteiger partial charge in [-0.2, -0.15) is 0 Å². The molecule has 0 radical (unpaired) electrons. The molecule has 2 aromatic rings. The van der Waals surface area contributed by atoms with E-state index in [0.29, 0.717) is 5.92 Å². The lowest BCUT2D eigenvalue weighted by atomic mass is 9.77. The van der Waals surface area contributed by atoms with Gasteiger partial charge < -0.3 is 0 Å². The Morgan fingerprint density at radius 3 is 1.95 bits per heavy atom. The summed E-state index contributed by atoms with van der Waals surface area (Å²) in [5, 5.41) is 5.73. The first-order chi connectivity index (χ1) is 9.88. The van der Waals surface area contributed by atoms with E-state index in [9.17, 15) is 0 Å². The maximum absolute atomic E-state index is 2.42. The van der Waals surface area contributed by atoms with Crippen LogP contribution in [0.5, 0.6) is 0 Å². The average Bonchev–Trinajstić information content (AvgIpc) is 2.42. The standard InChI is InChI=1S/C21H26/c1-14(2)17-10-11-20(21(3,4)5)19-13-16-9-7-6-8-15(16)12-18(17)19/h6-9,12-14H,10-11H2,1-5H3. The molecule has 1 aliphatic carbocycles. The van der Waals surface area contributed by atoms with Gasteiger partial charge in [-0.15, -0.1) is 0 Å². The van der Waals surface area contributed by atoms with Gasteiger partial charge in [-0.1, -0.05) is 70.0 Å². The molecule has 1 aliphatic rings. The number of fused-ring (bicyclic) bond motifs is 2. The van der Waals surface area contributed by atoms with Gasteiger partial charge >= 0.3 is 0 Å². The Balaban J connectivity index is 2.52. The van der Waals surface area contributed by atoms with Crippen molar-refractivity contribution < 1.29 is 0 Å². The zero-order valence-electron chi connectivity index (χ0n) is 14.0. The molecule has 0 N–H and O–H groups in total. The summed E-state index contributed by atoms with van der Waals surface area (Å²) in [6.45, 7) is 11.7. The van der Waals surface area contributed by atoms with Crippen LogP contribution in [0.4, 0.5) is 0 Å². The lowest BCUT2D eigenvalue weighted by Gasteiger charge is -2.28. The number of rotatable bonds is 1. The van der Waals surface area contributed by atoms with Crippen LogP contribution in [0.1, 0.15) is 47.5 Å². The molecule has 0 amide bonds. The second kappa shape index (κ2) is 5.02. The van der Waals surface area contributed by atoms with E-state index in [4.69, 9.17) is 0 Å².